The van der Waals surface area contributed by atoms with Crippen molar-refractivity contribution in [3.8, 4) is 11.5 Å². The van der Waals surface area contributed by atoms with E-state index in [2.05, 4.69) is 30.3 Å². The summed E-state index contributed by atoms with van der Waals surface area (Å²) in [7, 11) is 3.29. The second kappa shape index (κ2) is 5.87. The van der Waals surface area contributed by atoms with E-state index in [1.54, 1.807) is 14.2 Å². The number of nitrogens with zero attached hydrogens (tertiary/aromatic N) is 1. The molecule has 0 fully saturated rings. The van der Waals surface area contributed by atoms with E-state index >= 15 is 0 Å². The molecule has 1 heterocycles. The smallest absolute Gasteiger partial charge is 0.178 e. The van der Waals surface area contributed by atoms with Gasteiger partial charge in [-0.2, -0.15) is 0 Å². The molecule has 2 aromatic rings. The fourth-order valence-electron chi connectivity index (χ4n) is 2.73. The van der Waals surface area contributed by atoms with Crippen LogP contribution in [0.25, 0.3) is 11.0 Å². The van der Waals surface area contributed by atoms with Gasteiger partial charge in [0, 0.05) is 18.2 Å². The van der Waals surface area contributed by atoms with Gasteiger partial charge in [-0.1, -0.05) is 20.8 Å². The average molecular weight is 294 g/mol. The van der Waals surface area contributed by atoms with E-state index in [0.717, 1.165) is 28.0 Å². The fraction of sp³-hybridized carbons (Fsp3) is 0.533. The molecule has 0 aliphatic rings. The van der Waals surface area contributed by atoms with Gasteiger partial charge in [-0.3, -0.25) is 0 Å². The predicted octanol–water partition coefficient (Wildman–Crippen LogP) is 4.32. The van der Waals surface area contributed by atoms with Crippen LogP contribution in [0.15, 0.2) is 12.1 Å². The molecule has 0 radical (unpaired) electrons. The first-order valence-corrected chi connectivity index (χ1v) is 7.30. The lowest BCUT2D eigenvalue weighted by Gasteiger charge is -2.22. The topological polar surface area (TPSA) is 39.2 Å². The van der Waals surface area contributed by atoms with Crippen LogP contribution in [0.3, 0.4) is 0 Å². The number of ether oxygens (including phenoxy) is 2. The van der Waals surface area contributed by atoms with Crippen LogP contribution < -0.4 is 9.47 Å². The van der Waals surface area contributed by atoms with E-state index < -0.39 is 0 Å². The molecule has 5 heteroatoms. The number of rotatable bonds is 5. The molecular weight excluding hydrogens is 272 g/mol. The summed E-state index contributed by atoms with van der Waals surface area (Å²) in [4.78, 5) is 3.26. The number of fused-ring (bicyclic) bond motifs is 1. The minimum Gasteiger partial charge on any atom is -0.493 e. The number of hydrogen-bond acceptors (Lipinski definition) is 3. The Morgan fingerprint density at radius 2 is 1.80 bits per heavy atom. The molecule has 0 saturated heterocycles. The molecule has 1 N–H and O–H groups in total. The highest BCUT2D eigenvalue weighted by Gasteiger charge is 2.19. The molecule has 0 spiro atoms. The van der Waals surface area contributed by atoms with E-state index in [-0.39, 0.29) is 0 Å². The minimum atomic E-state index is 0.370. The van der Waals surface area contributed by atoms with Crippen molar-refractivity contribution >= 4 is 23.3 Å². The molecular formula is C15H22N2O2S. The summed E-state index contributed by atoms with van der Waals surface area (Å²) in [6.45, 7) is 6.62. The number of aromatic amines is 1. The Morgan fingerprint density at radius 1 is 1.20 bits per heavy atom. The summed E-state index contributed by atoms with van der Waals surface area (Å²) in [5, 5.41) is 0. The number of hydrogen-bond donors (Lipinski definition) is 1. The second-order valence-electron chi connectivity index (χ2n) is 5.24. The Balaban J connectivity index is 2.72. The van der Waals surface area contributed by atoms with Crippen molar-refractivity contribution in [3.63, 3.8) is 0 Å². The van der Waals surface area contributed by atoms with Gasteiger partial charge in [0.15, 0.2) is 16.3 Å². The highest BCUT2D eigenvalue weighted by Crippen LogP contribution is 2.34. The van der Waals surface area contributed by atoms with Crippen molar-refractivity contribution in [1.29, 1.82) is 0 Å². The van der Waals surface area contributed by atoms with Crippen LogP contribution in [0.4, 0.5) is 0 Å². The average Bonchev–Trinajstić information content (AvgIpc) is 2.73. The summed E-state index contributed by atoms with van der Waals surface area (Å²) in [5.41, 5.74) is 2.04. The summed E-state index contributed by atoms with van der Waals surface area (Å²) in [6, 6.07) is 4.30. The third-order valence-electron chi connectivity index (χ3n) is 3.74. The Kier molecular flexibility index (Phi) is 4.38. The van der Waals surface area contributed by atoms with Gasteiger partial charge >= 0.3 is 0 Å². The molecule has 110 valence electrons. The Bertz CT molecular complexity index is 658. The lowest BCUT2D eigenvalue weighted by molar-refractivity contribution is 0.354. The van der Waals surface area contributed by atoms with Crippen molar-refractivity contribution in [2.24, 2.45) is 5.92 Å². The number of benzene rings is 1. The van der Waals surface area contributed by atoms with Gasteiger partial charge in [-0.25, -0.2) is 0 Å². The molecule has 0 bridgehead atoms. The molecule has 20 heavy (non-hydrogen) atoms. The quantitative estimate of drug-likeness (QED) is 0.835. The van der Waals surface area contributed by atoms with Crippen molar-refractivity contribution in [1.82, 2.24) is 9.55 Å². The maximum atomic E-state index is 5.50. The first kappa shape index (κ1) is 14.9. The monoisotopic (exact) mass is 294 g/mol. The van der Waals surface area contributed by atoms with Crippen LogP contribution in [0.5, 0.6) is 11.5 Å². The molecule has 1 aromatic carbocycles. The summed E-state index contributed by atoms with van der Waals surface area (Å²) < 4.78 is 13.7. The Morgan fingerprint density at radius 3 is 2.30 bits per heavy atom. The zero-order valence-corrected chi connectivity index (χ0v) is 13.5. The van der Waals surface area contributed by atoms with Gasteiger partial charge in [-0.15, -0.1) is 0 Å². The van der Waals surface area contributed by atoms with E-state index in [1.807, 2.05) is 12.1 Å². The maximum absolute atomic E-state index is 5.50. The van der Waals surface area contributed by atoms with Gasteiger partial charge in [0.2, 0.25) is 0 Å². The van der Waals surface area contributed by atoms with Crippen LogP contribution in [0, 0.1) is 10.7 Å². The van der Waals surface area contributed by atoms with E-state index in [0.29, 0.717) is 17.7 Å². The number of nitrogens with one attached hydrogen (secondary N) is 1. The lowest BCUT2D eigenvalue weighted by atomic mass is 10.0. The molecule has 2 rings (SSSR count). The van der Waals surface area contributed by atoms with Crippen LogP contribution >= 0.6 is 12.2 Å². The first-order chi connectivity index (χ1) is 9.53. The molecule has 0 saturated carbocycles. The van der Waals surface area contributed by atoms with Gasteiger partial charge in [-0.05, 0) is 24.6 Å². The molecule has 0 aliphatic carbocycles. The second-order valence-corrected chi connectivity index (χ2v) is 5.63. The SMILES string of the molecule is CCC(C(C)C)n1c(=S)[nH]c2cc(OC)c(OC)cc21. The van der Waals surface area contributed by atoms with Crippen molar-refractivity contribution in [2.45, 2.75) is 33.2 Å². The van der Waals surface area contributed by atoms with Crippen LogP contribution in [-0.2, 0) is 0 Å². The molecule has 1 unspecified atom stereocenters. The normalized spacial score (nSPS) is 12.9. The fourth-order valence-corrected chi connectivity index (χ4v) is 3.08. The molecule has 1 aromatic heterocycles. The molecule has 0 amide bonds. The standard InChI is InChI=1S/C15H22N2O2S/c1-6-11(9(2)3)17-12-8-14(19-5)13(18-4)7-10(12)16-15(17)20/h7-9,11H,6H2,1-5H3,(H,16,20). The van der Waals surface area contributed by atoms with Crippen LogP contribution in [0.2, 0.25) is 0 Å². The molecule has 1 atom stereocenters. The Labute approximate surface area is 124 Å². The highest BCUT2D eigenvalue weighted by atomic mass is 32.1. The third kappa shape index (κ3) is 2.42. The van der Waals surface area contributed by atoms with Crippen molar-refractivity contribution < 1.29 is 9.47 Å². The summed E-state index contributed by atoms with van der Waals surface area (Å²) in [5.74, 6) is 1.95. The molecule has 4 nitrogen and oxygen atoms in total. The van der Waals surface area contributed by atoms with Crippen LogP contribution in [-0.4, -0.2) is 23.8 Å². The van der Waals surface area contributed by atoms with Crippen molar-refractivity contribution in [2.75, 3.05) is 14.2 Å². The first-order valence-electron chi connectivity index (χ1n) is 6.89. The predicted molar refractivity (Wildman–Crippen MR) is 84.4 cm³/mol. The molecule has 0 aliphatic heterocycles. The van der Waals surface area contributed by atoms with Crippen molar-refractivity contribution in [3.05, 3.63) is 16.9 Å². The van der Waals surface area contributed by atoms with Gasteiger partial charge in [0.1, 0.15) is 0 Å². The van der Waals surface area contributed by atoms with Gasteiger partial charge in [0.25, 0.3) is 0 Å². The minimum absolute atomic E-state index is 0.370. The highest BCUT2D eigenvalue weighted by molar-refractivity contribution is 7.71. The number of H-pyrrole nitrogens is 1. The van der Waals surface area contributed by atoms with Crippen LogP contribution in [0.1, 0.15) is 33.2 Å². The van der Waals surface area contributed by atoms with Gasteiger partial charge in [0.05, 0.1) is 25.3 Å². The number of imidazole rings is 1. The third-order valence-corrected chi connectivity index (χ3v) is 4.04. The Hall–Kier alpha value is -1.49. The lowest BCUT2D eigenvalue weighted by Crippen LogP contribution is -2.14. The van der Waals surface area contributed by atoms with E-state index in [4.69, 9.17) is 21.7 Å². The zero-order valence-electron chi connectivity index (χ0n) is 12.7. The van der Waals surface area contributed by atoms with Gasteiger partial charge < -0.3 is 19.0 Å². The summed E-state index contributed by atoms with van der Waals surface area (Å²) in [6.07, 6.45) is 1.03. The number of aromatic nitrogens is 2. The summed E-state index contributed by atoms with van der Waals surface area (Å²) >= 11 is 5.50. The van der Waals surface area contributed by atoms with E-state index in [9.17, 15) is 0 Å². The number of methoxy groups -OCH3 is 2. The largest absolute Gasteiger partial charge is 0.493 e. The zero-order chi connectivity index (χ0) is 14.9. The van der Waals surface area contributed by atoms with E-state index in [1.165, 1.54) is 0 Å². The maximum Gasteiger partial charge on any atom is 0.178 e.